The van der Waals surface area contributed by atoms with Gasteiger partial charge < -0.3 is 10.1 Å². The summed E-state index contributed by atoms with van der Waals surface area (Å²) in [5.74, 6) is -0.00117. The van der Waals surface area contributed by atoms with Crippen LogP contribution < -0.4 is 10.1 Å². The maximum atomic E-state index is 13.6. The first-order valence-corrected chi connectivity index (χ1v) is 6.71. The van der Waals surface area contributed by atoms with Crippen LogP contribution in [0.3, 0.4) is 0 Å². The van der Waals surface area contributed by atoms with Gasteiger partial charge in [-0.15, -0.1) is 0 Å². The van der Waals surface area contributed by atoms with Gasteiger partial charge in [-0.05, 0) is 37.5 Å². The summed E-state index contributed by atoms with van der Waals surface area (Å²) < 4.78 is 18.6. The van der Waals surface area contributed by atoms with Crippen molar-refractivity contribution in [2.24, 2.45) is 0 Å². The van der Waals surface area contributed by atoms with Crippen LogP contribution in [0.5, 0.6) is 5.75 Å². The summed E-state index contributed by atoms with van der Waals surface area (Å²) in [5, 5.41) is 3.54. The number of hydrogen-bond acceptors (Lipinski definition) is 2. The van der Waals surface area contributed by atoms with E-state index in [0.717, 1.165) is 24.8 Å². The molecule has 0 fully saturated rings. The van der Waals surface area contributed by atoms with Crippen LogP contribution in [0, 0.1) is 5.82 Å². The van der Waals surface area contributed by atoms with Gasteiger partial charge in [0.25, 0.3) is 0 Å². The van der Waals surface area contributed by atoms with Crippen LogP contribution in [0.2, 0.25) is 0 Å². The van der Waals surface area contributed by atoms with Crippen molar-refractivity contribution in [2.45, 2.75) is 52.1 Å². The largest absolute Gasteiger partial charge is 0.494 e. The van der Waals surface area contributed by atoms with Crippen molar-refractivity contribution in [3.05, 3.63) is 29.6 Å². The highest BCUT2D eigenvalue weighted by atomic mass is 19.1. The Bertz CT molecular complexity index is 368. The third-order valence-electron chi connectivity index (χ3n) is 3.29. The van der Waals surface area contributed by atoms with Crippen molar-refractivity contribution in [3.63, 3.8) is 0 Å². The smallest absolute Gasteiger partial charge is 0.165 e. The third-order valence-corrected chi connectivity index (χ3v) is 3.29. The minimum atomic E-state index is -0.299. The van der Waals surface area contributed by atoms with E-state index in [-0.39, 0.29) is 11.9 Å². The lowest BCUT2D eigenvalue weighted by Crippen LogP contribution is -2.30. The van der Waals surface area contributed by atoms with Crippen molar-refractivity contribution in [1.82, 2.24) is 5.32 Å². The van der Waals surface area contributed by atoms with Crippen molar-refractivity contribution in [3.8, 4) is 5.75 Å². The summed E-state index contributed by atoms with van der Waals surface area (Å²) in [5.41, 5.74) is 0.961. The number of halogens is 1. The fraction of sp³-hybridized carbons (Fsp3) is 0.600. The van der Waals surface area contributed by atoms with Gasteiger partial charge in [-0.2, -0.15) is 0 Å². The van der Waals surface area contributed by atoms with Crippen LogP contribution in [0.4, 0.5) is 4.39 Å². The first-order chi connectivity index (χ1) is 8.62. The number of hydrogen-bond donors (Lipinski definition) is 1. The third kappa shape index (κ3) is 3.98. The first kappa shape index (κ1) is 15.0. The summed E-state index contributed by atoms with van der Waals surface area (Å²) in [7, 11) is 1.48. The second kappa shape index (κ2) is 7.37. The Morgan fingerprint density at radius 3 is 2.56 bits per heavy atom. The van der Waals surface area contributed by atoms with Gasteiger partial charge in [0.15, 0.2) is 11.6 Å². The van der Waals surface area contributed by atoms with Crippen molar-refractivity contribution in [2.75, 3.05) is 7.11 Å². The minimum absolute atomic E-state index is 0.155. The molecule has 18 heavy (non-hydrogen) atoms. The molecule has 2 atom stereocenters. The molecule has 0 bridgehead atoms. The van der Waals surface area contributed by atoms with E-state index in [1.165, 1.54) is 7.11 Å². The van der Waals surface area contributed by atoms with Crippen LogP contribution in [0.25, 0.3) is 0 Å². The molecule has 1 aromatic rings. The van der Waals surface area contributed by atoms with Gasteiger partial charge in [0.1, 0.15) is 0 Å². The Labute approximate surface area is 110 Å². The summed E-state index contributed by atoms with van der Waals surface area (Å²) in [6.07, 6.45) is 3.41. The van der Waals surface area contributed by atoms with E-state index in [4.69, 9.17) is 4.74 Å². The van der Waals surface area contributed by atoms with Crippen LogP contribution in [-0.4, -0.2) is 13.2 Å². The highest BCUT2D eigenvalue weighted by Gasteiger charge is 2.13. The molecule has 1 N–H and O–H groups in total. The Balaban J connectivity index is 2.71. The van der Waals surface area contributed by atoms with Crippen LogP contribution >= 0.6 is 0 Å². The summed E-state index contributed by atoms with van der Waals surface area (Å²) in [6, 6.07) is 5.80. The van der Waals surface area contributed by atoms with Crippen LogP contribution in [0.1, 0.15) is 51.6 Å². The number of rotatable bonds is 7. The Morgan fingerprint density at radius 2 is 2.06 bits per heavy atom. The average molecular weight is 253 g/mol. The van der Waals surface area contributed by atoms with Gasteiger partial charge in [0.2, 0.25) is 0 Å². The van der Waals surface area contributed by atoms with E-state index in [1.807, 2.05) is 6.07 Å². The zero-order valence-corrected chi connectivity index (χ0v) is 11.8. The van der Waals surface area contributed by atoms with Gasteiger partial charge in [0, 0.05) is 12.1 Å². The molecule has 2 unspecified atom stereocenters. The van der Waals surface area contributed by atoms with E-state index in [2.05, 4.69) is 26.1 Å². The number of benzene rings is 1. The van der Waals surface area contributed by atoms with E-state index < -0.39 is 0 Å². The molecule has 0 radical (unpaired) electrons. The minimum Gasteiger partial charge on any atom is -0.494 e. The predicted octanol–water partition coefficient (Wildman–Crippen LogP) is 4.06. The number of nitrogens with one attached hydrogen (secondary N) is 1. The average Bonchev–Trinajstić information content (AvgIpc) is 2.37. The van der Waals surface area contributed by atoms with Gasteiger partial charge in [-0.25, -0.2) is 4.39 Å². The molecular weight excluding hydrogens is 229 g/mol. The quantitative estimate of drug-likeness (QED) is 0.791. The molecule has 0 aliphatic heterocycles. The normalized spacial score (nSPS) is 14.3. The van der Waals surface area contributed by atoms with E-state index >= 15 is 0 Å². The number of methoxy groups -OCH3 is 1. The molecule has 0 spiro atoms. The summed E-state index contributed by atoms with van der Waals surface area (Å²) >= 11 is 0. The van der Waals surface area contributed by atoms with Gasteiger partial charge in [-0.1, -0.05) is 26.3 Å². The molecule has 0 saturated carbocycles. The molecule has 1 aromatic carbocycles. The zero-order valence-electron chi connectivity index (χ0n) is 11.8. The van der Waals surface area contributed by atoms with E-state index in [0.29, 0.717) is 11.8 Å². The molecule has 0 aliphatic carbocycles. The molecule has 0 heterocycles. The standard InChI is InChI=1S/C15H24FNO/c1-5-7-13(6-2)17-11(3)12-8-9-15(18-4)14(16)10-12/h8-11,13,17H,5-7H2,1-4H3. The topological polar surface area (TPSA) is 21.3 Å². The van der Waals surface area contributed by atoms with Gasteiger partial charge >= 0.3 is 0 Å². The lowest BCUT2D eigenvalue weighted by Gasteiger charge is -2.22. The molecule has 0 aromatic heterocycles. The maximum Gasteiger partial charge on any atom is 0.165 e. The van der Waals surface area contributed by atoms with E-state index in [9.17, 15) is 4.39 Å². The van der Waals surface area contributed by atoms with Gasteiger partial charge in [-0.3, -0.25) is 0 Å². The SMILES string of the molecule is CCCC(CC)NC(C)c1ccc(OC)c(F)c1. The lowest BCUT2D eigenvalue weighted by atomic mass is 10.0. The molecule has 3 heteroatoms. The Kier molecular flexibility index (Phi) is 6.13. The second-order valence-corrected chi connectivity index (χ2v) is 4.68. The molecule has 102 valence electrons. The molecule has 2 nitrogen and oxygen atoms in total. The van der Waals surface area contributed by atoms with E-state index in [1.54, 1.807) is 12.1 Å². The second-order valence-electron chi connectivity index (χ2n) is 4.68. The van der Waals surface area contributed by atoms with Crippen molar-refractivity contribution in [1.29, 1.82) is 0 Å². The van der Waals surface area contributed by atoms with Crippen molar-refractivity contribution >= 4 is 0 Å². The highest BCUT2D eigenvalue weighted by molar-refractivity contribution is 5.30. The number of ether oxygens (including phenoxy) is 1. The first-order valence-electron chi connectivity index (χ1n) is 6.71. The van der Waals surface area contributed by atoms with Gasteiger partial charge in [0.05, 0.1) is 7.11 Å². The molecule has 0 saturated heterocycles. The molecule has 0 aliphatic rings. The summed E-state index contributed by atoms with van der Waals surface area (Å²) in [6.45, 7) is 6.43. The lowest BCUT2D eigenvalue weighted by molar-refractivity contribution is 0.383. The molecule has 1 rings (SSSR count). The summed E-state index contributed by atoms with van der Waals surface area (Å²) in [4.78, 5) is 0. The fourth-order valence-corrected chi connectivity index (χ4v) is 2.16. The highest BCUT2D eigenvalue weighted by Crippen LogP contribution is 2.22. The fourth-order valence-electron chi connectivity index (χ4n) is 2.16. The maximum absolute atomic E-state index is 13.6. The van der Waals surface area contributed by atoms with Crippen molar-refractivity contribution < 1.29 is 9.13 Å². The molecular formula is C15H24FNO. The predicted molar refractivity (Wildman–Crippen MR) is 73.5 cm³/mol. The van der Waals surface area contributed by atoms with Crippen LogP contribution in [0.15, 0.2) is 18.2 Å². The Morgan fingerprint density at radius 1 is 1.33 bits per heavy atom. The monoisotopic (exact) mass is 253 g/mol. The zero-order chi connectivity index (χ0) is 13.5. The Hall–Kier alpha value is -1.09. The van der Waals surface area contributed by atoms with Crippen LogP contribution in [-0.2, 0) is 0 Å². The molecule has 0 amide bonds.